The first kappa shape index (κ1) is 12.7. The van der Waals surface area contributed by atoms with Crippen molar-refractivity contribution in [3.63, 3.8) is 0 Å². The summed E-state index contributed by atoms with van der Waals surface area (Å²) in [5.74, 6) is 0.312. The van der Waals surface area contributed by atoms with Crippen molar-refractivity contribution in [1.29, 1.82) is 0 Å². The molecular weight excluding hydrogens is 238 g/mol. The molecule has 1 aliphatic rings. The van der Waals surface area contributed by atoms with Crippen LogP contribution in [-0.2, 0) is 6.61 Å². The van der Waals surface area contributed by atoms with Gasteiger partial charge < -0.3 is 15.1 Å². The fourth-order valence-electron chi connectivity index (χ4n) is 2.46. The fraction of sp³-hybridized carbons (Fsp3) is 0.538. The smallest absolute Gasteiger partial charge is 0.0702 e. The second kappa shape index (κ2) is 5.71. The van der Waals surface area contributed by atoms with Crippen molar-refractivity contribution in [3.8, 4) is 0 Å². The Labute approximate surface area is 107 Å². The molecule has 3 nitrogen and oxygen atoms in total. The van der Waals surface area contributed by atoms with Gasteiger partial charge >= 0.3 is 0 Å². The summed E-state index contributed by atoms with van der Waals surface area (Å²) >= 11 is 6.22. The Morgan fingerprint density at radius 3 is 2.88 bits per heavy atom. The van der Waals surface area contributed by atoms with Crippen LogP contribution in [0.3, 0.4) is 0 Å². The maximum absolute atomic E-state index is 9.36. The molecule has 4 heteroatoms. The third-order valence-corrected chi connectivity index (χ3v) is 3.64. The van der Waals surface area contributed by atoms with Gasteiger partial charge in [0, 0.05) is 25.3 Å². The molecule has 1 unspecified atom stereocenters. The van der Waals surface area contributed by atoms with Crippen molar-refractivity contribution >= 4 is 17.3 Å². The average molecular weight is 256 g/mol. The van der Waals surface area contributed by atoms with E-state index in [1.807, 2.05) is 18.2 Å². The predicted molar refractivity (Wildman–Crippen MR) is 69.4 cm³/mol. The molecule has 1 fully saturated rings. The van der Waals surface area contributed by atoms with Crippen LogP contribution in [-0.4, -0.2) is 29.9 Å². The maximum Gasteiger partial charge on any atom is 0.0702 e. The third-order valence-electron chi connectivity index (χ3n) is 3.33. The quantitative estimate of drug-likeness (QED) is 0.869. The van der Waals surface area contributed by atoms with Crippen molar-refractivity contribution in [2.45, 2.75) is 19.4 Å². The predicted octanol–water partition coefficient (Wildman–Crippen LogP) is 2.04. The van der Waals surface area contributed by atoms with Gasteiger partial charge in [0.1, 0.15) is 0 Å². The van der Waals surface area contributed by atoms with Gasteiger partial charge in [-0.05, 0) is 24.8 Å². The van der Waals surface area contributed by atoms with E-state index in [4.69, 9.17) is 11.6 Å². The molecule has 1 aromatic carbocycles. The molecule has 0 radical (unpaired) electrons. The fourth-order valence-corrected chi connectivity index (χ4v) is 2.77. The minimum absolute atomic E-state index is 0.00378. The standard InChI is InChI=1S/C13H18ClNO2/c14-12-5-1-4-11(9-17)13(12)15-6-2-3-10(7-15)8-16/h1,4-5,10,16-17H,2-3,6-9H2. The summed E-state index contributed by atoms with van der Waals surface area (Å²) in [5, 5.41) is 19.3. The van der Waals surface area contributed by atoms with Gasteiger partial charge in [-0.3, -0.25) is 0 Å². The molecule has 1 aliphatic heterocycles. The first-order chi connectivity index (χ1) is 8.26. The normalized spacial score (nSPS) is 20.6. The molecule has 17 heavy (non-hydrogen) atoms. The van der Waals surface area contributed by atoms with Gasteiger partial charge in [0.05, 0.1) is 17.3 Å². The molecule has 0 saturated carbocycles. The lowest BCUT2D eigenvalue weighted by atomic mass is 9.98. The van der Waals surface area contributed by atoms with Crippen LogP contribution in [0, 0.1) is 5.92 Å². The summed E-state index contributed by atoms with van der Waals surface area (Å²) in [6.07, 6.45) is 2.12. The zero-order valence-corrected chi connectivity index (χ0v) is 10.5. The van der Waals surface area contributed by atoms with Gasteiger partial charge in [0.15, 0.2) is 0 Å². The SMILES string of the molecule is OCc1cccc(Cl)c1N1CCCC(CO)C1. The Morgan fingerprint density at radius 2 is 2.18 bits per heavy atom. The van der Waals surface area contributed by atoms with Crippen molar-refractivity contribution < 1.29 is 10.2 Å². The zero-order chi connectivity index (χ0) is 12.3. The van der Waals surface area contributed by atoms with Crippen molar-refractivity contribution in [2.75, 3.05) is 24.6 Å². The zero-order valence-electron chi connectivity index (χ0n) is 9.77. The Hall–Kier alpha value is -0.770. The van der Waals surface area contributed by atoms with E-state index in [9.17, 15) is 10.2 Å². The summed E-state index contributed by atoms with van der Waals surface area (Å²) in [4.78, 5) is 2.18. The van der Waals surface area contributed by atoms with E-state index in [0.29, 0.717) is 10.9 Å². The summed E-state index contributed by atoms with van der Waals surface area (Å²) in [6, 6.07) is 5.59. The Kier molecular flexibility index (Phi) is 4.26. The largest absolute Gasteiger partial charge is 0.396 e. The van der Waals surface area contributed by atoms with Crippen molar-refractivity contribution in [1.82, 2.24) is 0 Å². The lowest BCUT2D eigenvalue weighted by Crippen LogP contribution is -2.37. The van der Waals surface area contributed by atoms with Gasteiger partial charge in [0.2, 0.25) is 0 Å². The van der Waals surface area contributed by atoms with Gasteiger partial charge in [-0.2, -0.15) is 0 Å². The Morgan fingerprint density at radius 1 is 1.35 bits per heavy atom. The van der Waals surface area contributed by atoms with E-state index in [0.717, 1.165) is 37.2 Å². The lowest BCUT2D eigenvalue weighted by molar-refractivity contribution is 0.208. The van der Waals surface area contributed by atoms with Crippen LogP contribution in [0.2, 0.25) is 5.02 Å². The first-order valence-corrected chi connectivity index (χ1v) is 6.38. The minimum Gasteiger partial charge on any atom is -0.396 e. The van der Waals surface area contributed by atoms with E-state index in [1.165, 1.54) is 0 Å². The summed E-state index contributed by atoms with van der Waals surface area (Å²) < 4.78 is 0. The third kappa shape index (κ3) is 2.73. The molecule has 1 saturated heterocycles. The summed E-state index contributed by atoms with van der Waals surface area (Å²) in [6.45, 7) is 1.96. The highest BCUT2D eigenvalue weighted by atomic mass is 35.5. The number of anilines is 1. The van der Waals surface area contributed by atoms with Gasteiger partial charge in [-0.15, -0.1) is 0 Å². The second-order valence-corrected chi connectivity index (χ2v) is 4.95. The van der Waals surface area contributed by atoms with Gasteiger partial charge in [0.25, 0.3) is 0 Å². The number of hydrogen-bond donors (Lipinski definition) is 2. The number of piperidine rings is 1. The molecule has 1 aromatic rings. The van der Waals surface area contributed by atoms with Crippen LogP contribution < -0.4 is 4.90 Å². The Balaban J connectivity index is 2.26. The molecule has 2 rings (SSSR count). The van der Waals surface area contributed by atoms with Crippen LogP contribution >= 0.6 is 11.6 Å². The lowest BCUT2D eigenvalue weighted by Gasteiger charge is -2.35. The van der Waals surface area contributed by atoms with Crippen LogP contribution in [0.4, 0.5) is 5.69 Å². The maximum atomic E-state index is 9.36. The summed E-state index contributed by atoms with van der Waals surface area (Å²) in [5.41, 5.74) is 1.78. The van der Waals surface area contributed by atoms with E-state index in [-0.39, 0.29) is 13.2 Å². The number of nitrogens with zero attached hydrogens (tertiary/aromatic N) is 1. The highest BCUT2D eigenvalue weighted by molar-refractivity contribution is 6.33. The highest BCUT2D eigenvalue weighted by Crippen LogP contribution is 2.33. The molecular formula is C13H18ClNO2. The van der Waals surface area contributed by atoms with Crippen LogP contribution in [0.1, 0.15) is 18.4 Å². The first-order valence-electron chi connectivity index (χ1n) is 6.00. The van der Waals surface area contributed by atoms with E-state index in [2.05, 4.69) is 4.90 Å². The molecule has 0 amide bonds. The number of halogens is 1. The molecule has 0 aromatic heterocycles. The molecule has 2 N–H and O–H groups in total. The minimum atomic E-state index is -0.00378. The van der Waals surface area contributed by atoms with E-state index < -0.39 is 0 Å². The number of aliphatic hydroxyl groups is 2. The summed E-state index contributed by atoms with van der Waals surface area (Å²) in [7, 11) is 0. The van der Waals surface area contributed by atoms with Crippen LogP contribution in [0.25, 0.3) is 0 Å². The topological polar surface area (TPSA) is 43.7 Å². The molecule has 1 atom stereocenters. The van der Waals surface area contributed by atoms with Crippen molar-refractivity contribution in [3.05, 3.63) is 28.8 Å². The number of para-hydroxylation sites is 1. The van der Waals surface area contributed by atoms with E-state index >= 15 is 0 Å². The molecule has 1 heterocycles. The van der Waals surface area contributed by atoms with Crippen molar-refractivity contribution in [2.24, 2.45) is 5.92 Å². The Bertz CT molecular complexity index is 384. The number of rotatable bonds is 3. The molecule has 0 aliphatic carbocycles. The average Bonchev–Trinajstić information content (AvgIpc) is 2.38. The van der Waals surface area contributed by atoms with Gasteiger partial charge in [-0.25, -0.2) is 0 Å². The van der Waals surface area contributed by atoms with Gasteiger partial charge in [-0.1, -0.05) is 23.7 Å². The molecule has 0 bridgehead atoms. The van der Waals surface area contributed by atoms with Crippen LogP contribution in [0.15, 0.2) is 18.2 Å². The molecule has 94 valence electrons. The monoisotopic (exact) mass is 255 g/mol. The number of hydrogen-bond acceptors (Lipinski definition) is 3. The van der Waals surface area contributed by atoms with Crippen LogP contribution in [0.5, 0.6) is 0 Å². The molecule has 0 spiro atoms. The van der Waals surface area contributed by atoms with E-state index in [1.54, 1.807) is 0 Å². The number of benzene rings is 1. The second-order valence-electron chi connectivity index (χ2n) is 4.54. The number of aliphatic hydroxyl groups excluding tert-OH is 2. The highest BCUT2D eigenvalue weighted by Gasteiger charge is 2.22.